The van der Waals surface area contributed by atoms with Crippen molar-refractivity contribution in [2.24, 2.45) is 0 Å². The van der Waals surface area contributed by atoms with Crippen LogP contribution in [0.3, 0.4) is 0 Å². The first-order valence-corrected chi connectivity index (χ1v) is 8.17. The van der Waals surface area contributed by atoms with Gasteiger partial charge in [0.2, 0.25) is 0 Å². The molecule has 2 aromatic heterocycles. The minimum atomic E-state index is 0.723. The van der Waals surface area contributed by atoms with E-state index < -0.39 is 0 Å². The number of nitrogens with zero attached hydrogens (tertiary/aromatic N) is 2. The third kappa shape index (κ3) is 2.63. The molecule has 96 valence electrons. The smallest absolute Gasteiger partial charge is 0.135 e. The van der Waals surface area contributed by atoms with Crippen molar-refractivity contribution in [3.8, 4) is 9.88 Å². The Morgan fingerprint density at radius 1 is 1.44 bits per heavy atom. The zero-order valence-electron chi connectivity index (χ0n) is 10.5. The van der Waals surface area contributed by atoms with Gasteiger partial charge >= 0.3 is 0 Å². The summed E-state index contributed by atoms with van der Waals surface area (Å²) >= 11 is 3.51. The maximum absolute atomic E-state index is 4.84. The van der Waals surface area contributed by atoms with E-state index in [-0.39, 0.29) is 0 Å². The molecule has 18 heavy (non-hydrogen) atoms. The van der Waals surface area contributed by atoms with Crippen LogP contribution in [0.1, 0.15) is 42.7 Å². The maximum atomic E-state index is 4.84. The molecule has 0 saturated heterocycles. The molecule has 0 aliphatic heterocycles. The molecule has 0 unspecified atom stereocenters. The molecule has 1 N–H and O–H groups in total. The Bertz CT molecular complexity index is 500. The topological polar surface area (TPSA) is 37.8 Å². The zero-order chi connectivity index (χ0) is 12.4. The number of hydrogen-bond donors (Lipinski definition) is 1. The normalized spacial score (nSPS) is 15.2. The minimum Gasteiger partial charge on any atom is -0.312 e. The summed E-state index contributed by atoms with van der Waals surface area (Å²) in [6.45, 7) is 4.25. The number of aromatic nitrogens is 2. The van der Waals surface area contributed by atoms with Crippen LogP contribution >= 0.6 is 22.7 Å². The average molecular weight is 279 g/mol. The molecule has 1 saturated carbocycles. The summed E-state index contributed by atoms with van der Waals surface area (Å²) in [6, 6.07) is 0. The zero-order valence-corrected chi connectivity index (χ0v) is 12.1. The Balaban J connectivity index is 1.82. The van der Waals surface area contributed by atoms with E-state index in [1.54, 1.807) is 11.3 Å². The van der Waals surface area contributed by atoms with Gasteiger partial charge in [-0.1, -0.05) is 6.92 Å². The van der Waals surface area contributed by atoms with E-state index in [0.29, 0.717) is 0 Å². The van der Waals surface area contributed by atoms with Crippen LogP contribution in [-0.2, 0) is 6.54 Å². The summed E-state index contributed by atoms with van der Waals surface area (Å²) in [5.74, 6) is 0.723. The molecule has 1 aliphatic carbocycles. The fraction of sp³-hybridized carbons (Fsp3) is 0.538. The van der Waals surface area contributed by atoms with Crippen molar-refractivity contribution >= 4 is 22.7 Å². The highest BCUT2D eigenvalue weighted by molar-refractivity contribution is 7.20. The molecule has 2 aromatic rings. The third-order valence-electron chi connectivity index (χ3n) is 3.05. The molecule has 0 bridgehead atoms. The molecule has 0 radical (unpaired) electrons. The second-order valence-electron chi connectivity index (χ2n) is 4.64. The standard InChI is InChI=1S/C13H17N3S2/c1-2-5-14-6-10-12(9-3-4-9)16-13(18-10)11-7-15-8-17-11/h7-9,14H,2-6H2,1H3. The lowest BCUT2D eigenvalue weighted by molar-refractivity contribution is 0.676. The lowest BCUT2D eigenvalue weighted by atomic mass is 10.2. The summed E-state index contributed by atoms with van der Waals surface area (Å²) in [4.78, 5) is 11.6. The van der Waals surface area contributed by atoms with Crippen LogP contribution in [0, 0.1) is 0 Å². The lowest BCUT2D eigenvalue weighted by Gasteiger charge is -2.01. The van der Waals surface area contributed by atoms with E-state index in [1.807, 2.05) is 23.0 Å². The van der Waals surface area contributed by atoms with Crippen LogP contribution in [0.2, 0.25) is 0 Å². The Morgan fingerprint density at radius 2 is 2.33 bits per heavy atom. The third-order valence-corrected chi connectivity index (χ3v) is 5.06. The van der Waals surface area contributed by atoms with Crippen molar-refractivity contribution in [3.63, 3.8) is 0 Å². The minimum absolute atomic E-state index is 0.723. The van der Waals surface area contributed by atoms with Crippen LogP contribution in [0.4, 0.5) is 0 Å². The maximum Gasteiger partial charge on any atom is 0.135 e. The molecule has 1 aliphatic rings. The predicted molar refractivity (Wildman–Crippen MR) is 77.2 cm³/mol. The fourth-order valence-electron chi connectivity index (χ4n) is 1.97. The Morgan fingerprint density at radius 3 is 3.00 bits per heavy atom. The van der Waals surface area contributed by atoms with Crippen LogP contribution in [0.5, 0.6) is 0 Å². The van der Waals surface area contributed by atoms with Gasteiger partial charge in [-0.15, -0.1) is 22.7 Å². The summed E-state index contributed by atoms with van der Waals surface area (Å²) < 4.78 is 0. The van der Waals surface area contributed by atoms with Gasteiger partial charge in [0.05, 0.1) is 16.1 Å². The highest BCUT2D eigenvalue weighted by Crippen LogP contribution is 2.44. The summed E-state index contributed by atoms with van der Waals surface area (Å²) in [6.07, 6.45) is 5.72. The van der Waals surface area contributed by atoms with E-state index in [0.717, 1.165) is 24.0 Å². The van der Waals surface area contributed by atoms with Gasteiger partial charge in [-0.25, -0.2) is 4.98 Å². The number of rotatable bonds is 6. The largest absolute Gasteiger partial charge is 0.312 e. The SMILES string of the molecule is CCCNCc1sc(-c2cncs2)nc1C1CC1. The highest BCUT2D eigenvalue weighted by Gasteiger charge is 2.29. The molecular formula is C13H17N3S2. The quantitative estimate of drug-likeness (QED) is 0.820. The van der Waals surface area contributed by atoms with Crippen molar-refractivity contribution in [2.75, 3.05) is 6.54 Å². The first-order valence-electron chi connectivity index (χ1n) is 6.47. The van der Waals surface area contributed by atoms with Gasteiger partial charge in [0.25, 0.3) is 0 Å². The average Bonchev–Trinajstić information content (AvgIpc) is 2.93. The molecule has 3 nitrogen and oxygen atoms in total. The molecule has 0 atom stereocenters. The van der Waals surface area contributed by atoms with Gasteiger partial charge in [0, 0.05) is 23.5 Å². The highest BCUT2D eigenvalue weighted by atomic mass is 32.1. The van der Waals surface area contributed by atoms with Gasteiger partial charge in [-0.3, -0.25) is 4.98 Å². The van der Waals surface area contributed by atoms with Crippen LogP contribution in [0.25, 0.3) is 9.88 Å². The van der Waals surface area contributed by atoms with E-state index >= 15 is 0 Å². The second kappa shape index (κ2) is 5.47. The Kier molecular flexibility index (Phi) is 3.72. The molecule has 3 rings (SSSR count). The van der Waals surface area contributed by atoms with Crippen LogP contribution in [0.15, 0.2) is 11.7 Å². The summed E-state index contributed by atoms with van der Waals surface area (Å²) in [7, 11) is 0. The van der Waals surface area contributed by atoms with E-state index in [4.69, 9.17) is 4.98 Å². The van der Waals surface area contributed by atoms with E-state index in [2.05, 4.69) is 17.2 Å². The molecule has 0 spiro atoms. The van der Waals surface area contributed by atoms with Gasteiger partial charge in [0.15, 0.2) is 0 Å². The van der Waals surface area contributed by atoms with Crippen LogP contribution in [-0.4, -0.2) is 16.5 Å². The predicted octanol–water partition coefficient (Wildman–Crippen LogP) is 3.64. The Labute approximate surface area is 115 Å². The van der Waals surface area contributed by atoms with Gasteiger partial charge in [0.1, 0.15) is 5.01 Å². The summed E-state index contributed by atoms with van der Waals surface area (Å²) in [5.41, 5.74) is 3.22. The molecule has 2 heterocycles. The van der Waals surface area contributed by atoms with Crippen molar-refractivity contribution in [3.05, 3.63) is 22.3 Å². The van der Waals surface area contributed by atoms with Crippen molar-refractivity contribution in [2.45, 2.75) is 38.6 Å². The first kappa shape index (κ1) is 12.3. The van der Waals surface area contributed by atoms with Crippen LogP contribution < -0.4 is 5.32 Å². The second-order valence-corrected chi connectivity index (χ2v) is 6.61. The molecular weight excluding hydrogens is 262 g/mol. The molecule has 0 amide bonds. The van der Waals surface area contributed by atoms with E-state index in [1.165, 1.54) is 34.7 Å². The Hall–Kier alpha value is -0.780. The fourth-order valence-corrected chi connectivity index (χ4v) is 3.77. The van der Waals surface area contributed by atoms with Crippen molar-refractivity contribution in [1.29, 1.82) is 0 Å². The lowest BCUT2D eigenvalue weighted by Crippen LogP contribution is -2.13. The number of thiazole rings is 2. The van der Waals surface area contributed by atoms with Crippen molar-refractivity contribution < 1.29 is 0 Å². The molecule has 0 aromatic carbocycles. The number of nitrogens with one attached hydrogen (secondary N) is 1. The van der Waals surface area contributed by atoms with E-state index in [9.17, 15) is 0 Å². The molecule has 1 fully saturated rings. The van der Waals surface area contributed by atoms with Gasteiger partial charge in [-0.2, -0.15) is 0 Å². The van der Waals surface area contributed by atoms with Gasteiger partial charge < -0.3 is 5.32 Å². The number of hydrogen-bond acceptors (Lipinski definition) is 5. The van der Waals surface area contributed by atoms with Crippen molar-refractivity contribution in [1.82, 2.24) is 15.3 Å². The monoisotopic (exact) mass is 279 g/mol. The molecule has 5 heteroatoms. The van der Waals surface area contributed by atoms with Gasteiger partial charge in [-0.05, 0) is 25.8 Å². The first-order chi connectivity index (χ1) is 8.88. The summed E-state index contributed by atoms with van der Waals surface area (Å²) in [5, 5.41) is 4.64.